The molecule has 0 fully saturated rings. The van der Waals surface area contributed by atoms with Gasteiger partial charge in [-0.05, 0) is 37.3 Å². The molecular formula is C20H15ClF2N4O2. The van der Waals surface area contributed by atoms with Gasteiger partial charge in [-0.25, -0.2) is 13.9 Å². The van der Waals surface area contributed by atoms with Crippen molar-refractivity contribution in [2.75, 3.05) is 7.05 Å². The highest BCUT2D eigenvalue weighted by molar-refractivity contribution is 6.33. The van der Waals surface area contributed by atoms with Crippen LogP contribution in [0.5, 0.6) is 0 Å². The molecule has 0 spiro atoms. The molecule has 0 saturated heterocycles. The Morgan fingerprint density at radius 1 is 1.24 bits per heavy atom. The van der Waals surface area contributed by atoms with Gasteiger partial charge in [-0.2, -0.15) is 5.10 Å². The standard InChI is InChI=1S/C20H15ClF2N4O2/c1-10(18-12-7-15(22)16(23)8-13(12)19(28)25-24-18)26(2)20(29)11-6-17-14(21)4-3-5-27(17)9-11/h3-10H,1-2H3,(H,25,28)/t10-/m0/s1. The number of rotatable bonds is 3. The maximum absolute atomic E-state index is 13.8. The number of H-pyrrole nitrogens is 1. The Kier molecular flexibility index (Phi) is 4.58. The van der Waals surface area contributed by atoms with E-state index in [0.717, 1.165) is 12.1 Å². The van der Waals surface area contributed by atoms with E-state index in [1.807, 2.05) is 0 Å². The monoisotopic (exact) mass is 416 g/mol. The lowest BCUT2D eigenvalue weighted by Crippen LogP contribution is -2.31. The molecule has 0 saturated carbocycles. The van der Waals surface area contributed by atoms with E-state index < -0.39 is 23.2 Å². The van der Waals surface area contributed by atoms with Crippen molar-refractivity contribution in [1.29, 1.82) is 0 Å². The third-order valence-electron chi connectivity index (χ3n) is 4.99. The van der Waals surface area contributed by atoms with Gasteiger partial charge in [-0.3, -0.25) is 9.59 Å². The van der Waals surface area contributed by atoms with Crippen LogP contribution in [0.25, 0.3) is 16.3 Å². The summed E-state index contributed by atoms with van der Waals surface area (Å²) in [5.41, 5.74) is 0.690. The Hall–Kier alpha value is -3.26. The van der Waals surface area contributed by atoms with Crippen LogP contribution in [0.3, 0.4) is 0 Å². The van der Waals surface area contributed by atoms with Crippen molar-refractivity contribution in [2.45, 2.75) is 13.0 Å². The summed E-state index contributed by atoms with van der Waals surface area (Å²) < 4.78 is 29.1. The summed E-state index contributed by atoms with van der Waals surface area (Å²) in [5, 5.41) is 6.88. The number of carbonyl (C=O) groups is 1. The van der Waals surface area contributed by atoms with E-state index in [1.54, 1.807) is 49.0 Å². The first-order valence-electron chi connectivity index (χ1n) is 8.68. The van der Waals surface area contributed by atoms with Gasteiger partial charge in [0.1, 0.15) is 0 Å². The molecule has 29 heavy (non-hydrogen) atoms. The third-order valence-corrected chi connectivity index (χ3v) is 5.30. The van der Waals surface area contributed by atoms with Crippen LogP contribution < -0.4 is 5.56 Å². The molecule has 4 aromatic rings. The second-order valence-corrected chi connectivity index (χ2v) is 7.13. The molecule has 148 valence electrons. The Balaban J connectivity index is 1.75. The largest absolute Gasteiger partial charge is 0.333 e. The highest BCUT2D eigenvalue weighted by atomic mass is 35.5. The number of benzene rings is 1. The number of nitrogens with zero attached hydrogens (tertiary/aromatic N) is 3. The van der Waals surface area contributed by atoms with Crippen LogP contribution in [0, 0.1) is 11.6 Å². The Labute approximate surface area is 168 Å². The molecule has 1 atom stereocenters. The molecule has 0 radical (unpaired) electrons. The number of carbonyl (C=O) groups excluding carboxylic acids is 1. The second kappa shape index (κ2) is 6.97. The van der Waals surface area contributed by atoms with Crippen molar-refractivity contribution in [2.24, 2.45) is 0 Å². The number of fused-ring (bicyclic) bond motifs is 2. The predicted molar refractivity (Wildman–Crippen MR) is 105 cm³/mol. The van der Waals surface area contributed by atoms with E-state index in [0.29, 0.717) is 16.1 Å². The lowest BCUT2D eigenvalue weighted by Gasteiger charge is -2.24. The molecule has 3 heterocycles. The molecule has 0 aliphatic carbocycles. The van der Waals surface area contributed by atoms with Crippen molar-refractivity contribution in [1.82, 2.24) is 19.5 Å². The average molecular weight is 417 g/mol. The molecule has 0 aliphatic rings. The molecule has 1 amide bonds. The minimum atomic E-state index is -1.13. The SMILES string of the molecule is C[C@@H](c1n[nH]c(=O)c2cc(F)c(F)cc12)N(C)C(=O)c1cc2c(Cl)cccn2c1. The topological polar surface area (TPSA) is 70.5 Å². The Bertz CT molecular complexity index is 1330. The molecule has 0 unspecified atom stereocenters. The smallest absolute Gasteiger partial charge is 0.272 e. The summed E-state index contributed by atoms with van der Waals surface area (Å²) >= 11 is 6.17. The quantitative estimate of drug-likeness (QED) is 0.550. The maximum atomic E-state index is 13.8. The number of nitrogens with one attached hydrogen (secondary N) is 1. The maximum Gasteiger partial charge on any atom is 0.272 e. The first-order chi connectivity index (χ1) is 13.8. The van der Waals surface area contributed by atoms with E-state index in [1.165, 1.54) is 4.90 Å². The number of amides is 1. The predicted octanol–water partition coefficient (Wildman–Crippen LogP) is 3.94. The zero-order valence-electron chi connectivity index (χ0n) is 15.4. The van der Waals surface area contributed by atoms with Gasteiger partial charge in [0.2, 0.25) is 0 Å². The summed E-state index contributed by atoms with van der Waals surface area (Å²) in [7, 11) is 1.56. The highest BCUT2D eigenvalue weighted by Crippen LogP contribution is 2.27. The molecule has 4 rings (SSSR count). The Morgan fingerprint density at radius 2 is 1.93 bits per heavy atom. The number of pyridine rings is 1. The normalized spacial score (nSPS) is 12.4. The van der Waals surface area contributed by atoms with Crippen LogP contribution >= 0.6 is 11.6 Å². The molecular weight excluding hydrogens is 402 g/mol. The highest BCUT2D eigenvalue weighted by Gasteiger charge is 2.24. The number of aromatic nitrogens is 3. The van der Waals surface area contributed by atoms with Gasteiger partial charge in [0.25, 0.3) is 11.5 Å². The molecule has 0 aliphatic heterocycles. The Morgan fingerprint density at radius 3 is 2.62 bits per heavy atom. The van der Waals surface area contributed by atoms with Gasteiger partial charge < -0.3 is 9.30 Å². The second-order valence-electron chi connectivity index (χ2n) is 6.72. The van der Waals surface area contributed by atoms with Crippen LogP contribution in [0.4, 0.5) is 8.78 Å². The summed E-state index contributed by atoms with van der Waals surface area (Å²) in [5.74, 6) is -2.55. The minimum Gasteiger partial charge on any atom is -0.333 e. The van der Waals surface area contributed by atoms with Crippen LogP contribution in [-0.4, -0.2) is 32.5 Å². The van der Waals surface area contributed by atoms with Crippen LogP contribution in [0.1, 0.15) is 29.0 Å². The zero-order chi connectivity index (χ0) is 20.9. The van der Waals surface area contributed by atoms with Crippen molar-refractivity contribution in [3.8, 4) is 0 Å². The van der Waals surface area contributed by atoms with Crippen molar-refractivity contribution >= 4 is 33.8 Å². The molecule has 1 N–H and O–H groups in total. The van der Waals surface area contributed by atoms with E-state index >= 15 is 0 Å². The van der Waals surface area contributed by atoms with Gasteiger partial charge >= 0.3 is 0 Å². The molecule has 0 bridgehead atoms. The summed E-state index contributed by atoms with van der Waals surface area (Å²) in [6, 6.07) is 6.27. The van der Waals surface area contributed by atoms with Gasteiger partial charge in [0.15, 0.2) is 11.6 Å². The first-order valence-corrected chi connectivity index (χ1v) is 9.06. The van der Waals surface area contributed by atoms with Gasteiger partial charge in [-0.1, -0.05) is 11.6 Å². The fourth-order valence-electron chi connectivity index (χ4n) is 3.28. The molecule has 6 nitrogen and oxygen atoms in total. The fourth-order valence-corrected chi connectivity index (χ4v) is 3.50. The summed E-state index contributed by atoms with van der Waals surface area (Å²) in [6.07, 6.45) is 3.43. The third kappa shape index (κ3) is 3.15. The van der Waals surface area contributed by atoms with Crippen LogP contribution in [0.2, 0.25) is 5.02 Å². The van der Waals surface area contributed by atoms with E-state index in [9.17, 15) is 18.4 Å². The molecule has 1 aromatic carbocycles. The van der Waals surface area contributed by atoms with Gasteiger partial charge in [-0.15, -0.1) is 0 Å². The molecule has 9 heteroatoms. The van der Waals surface area contributed by atoms with E-state index in [2.05, 4.69) is 10.2 Å². The lowest BCUT2D eigenvalue weighted by molar-refractivity contribution is 0.0740. The zero-order valence-corrected chi connectivity index (χ0v) is 16.2. The minimum absolute atomic E-state index is 0.0389. The average Bonchev–Trinajstić information content (AvgIpc) is 3.14. The number of halogens is 3. The van der Waals surface area contributed by atoms with Gasteiger partial charge in [0.05, 0.1) is 33.2 Å². The first kappa shape index (κ1) is 19.1. The van der Waals surface area contributed by atoms with E-state index in [-0.39, 0.29) is 22.4 Å². The van der Waals surface area contributed by atoms with E-state index in [4.69, 9.17) is 11.6 Å². The van der Waals surface area contributed by atoms with Crippen molar-refractivity contribution < 1.29 is 13.6 Å². The summed E-state index contributed by atoms with van der Waals surface area (Å²) in [4.78, 5) is 26.4. The number of hydrogen-bond acceptors (Lipinski definition) is 3. The number of hydrogen-bond donors (Lipinski definition) is 1. The van der Waals surface area contributed by atoms with Crippen molar-refractivity contribution in [3.63, 3.8) is 0 Å². The lowest BCUT2D eigenvalue weighted by atomic mass is 10.1. The fraction of sp³-hybridized carbons (Fsp3) is 0.150. The van der Waals surface area contributed by atoms with Gasteiger partial charge in [0, 0.05) is 24.8 Å². The van der Waals surface area contributed by atoms with Crippen molar-refractivity contribution in [3.05, 3.63) is 81.0 Å². The van der Waals surface area contributed by atoms with Crippen LogP contribution in [0.15, 0.2) is 47.5 Å². The molecule has 3 aromatic heterocycles. The summed E-state index contributed by atoms with van der Waals surface area (Å²) in [6.45, 7) is 1.68. The van der Waals surface area contributed by atoms with Crippen LogP contribution in [-0.2, 0) is 0 Å². The number of aromatic amines is 1.